The largest absolute Gasteiger partial charge is 0.479 e. The highest BCUT2D eigenvalue weighted by Gasteiger charge is 2.31. The first-order valence-electron chi connectivity index (χ1n) is 20.8. The second-order valence-electron chi connectivity index (χ2n) is 14.8. The van der Waals surface area contributed by atoms with Gasteiger partial charge in [-0.05, 0) is 89.2 Å². The van der Waals surface area contributed by atoms with Crippen molar-refractivity contribution in [2.75, 3.05) is 46.0 Å². The summed E-state index contributed by atoms with van der Waals surface area (Å²) in [5.41, 5.74) is 7.62. The van der Waals surface area contributed by atoms with Crippen LogP contribution < -0.4 is 5.73 Å². The average Bonchev–Trinajstić information content (AvgIpc) is 3.25. The number of carboxylic acids is 1. The van der Waals surface area contributed by atoms with Gasteiger partial charge < -0.3 is 44.3 Å². The van der Waals surface area contributed by atoms with Gasteiger partial charge in [0.2, 0.25) is 0 Å². The number of amides is 2. The molecule has 3 aliphatic rings. The number of rotatable bonds is 15. The Bertz CT molecular complexity index is 1500. The number of nitrogens with zero attached hydrogens (tertiary/aromatic N) is 2. The van der Waals surface area contributed by atoms with Crippen molar-refractivity contribution in [2.24, 2.45) is 17.6 Å². The highest BCUT2D eigenvalue weighted by molar-refractivity contribution is 5.81. The van der Waals surface area contributed by atoms with Gasteiger partial charge in [0.15, 0.2) is 6.10 Å². The average molecular weight is 812 g/mol. The molecular formula is C44H65N3O11. The Morgan fingerprint density at radius 1 is 0.586 bits per heavy atom. The summed E-state index contributed by atoms with van der Waals surface area (Å²) in [4.78, 5) is 62.1. The minimum absolute atomic E-state index is 0.0499. The normalized spacial score (nSPS) is 22.7. The first-order valence-corrected chi connectivity index (χ1v) is 20.8. The lowest BCUT2D eigenvalue weighted by Crippen LogP contribution is -2.45. The van der Waals surface area contributed by atoms with E-state index in [4.69, 9.17) is 34.5 Å². The van der Waals surface area contributed by atoms with Crippen molar-refractivity contribution >= 4 is 29.7 Å². The fourth-order valence-electron chi connectivity index (χ4n) is 6.83. The zero-order valence-corrected chi connectivity index (χ0v) is 34.8. The van der Waals surface area contributed by atoms with Crippen molar-refractivity contribution in [3.8, 4) is 0 Å². The van der Waals surface area contributed by atoms with E-state index in [2.05, 4.69) is 0 Å². The van der Waals surface area contributed by atoms with E-state index >= 15 is 0 Å². The van der Waals surface area contributed by atoms with Crippen LogP contribution in [0, 0.1) is 11.8 Å². The predicted octanol–water partition coefficient (Wildman–Crippen LogP) is 5.14. The number of esters is 2. The van der Waals surface area contributed by atoms with Crippen LogP contribution in [0.1, 0.15) is 90.2 Å². The standard InChI is InChI=1S/C19H27NO4.C15H18O5.C10H20N2O2/c1-3-20(4-2)19(22)17-11-10-16(14-23-17)12-18(21)24-13-15-8-6-5-7-9-15;16-14(20-9-11-4-2-1-3-5-11)8-12-6-7-13(15(17)18)19-10-12;1-3-12(4-2)10(13)9-6-5-8(11)7-14-9/h5-9,16-17H,3-4,10-14H2,1-2H3;1-5,12-13H,6-10H2,(H,17,18);8-9H,3-7,11H2,1-2H3/t16-,17-;12-,13-;8-,9+/m001/s1. The number of ether oxygens (including phenoxy) is 5. The number of carboxylic acid groups (broad SMARTS) is 1. The summed E-state index contributed by atoms with van der Waals surface area (Å²) in [5.74, 6) is -1.05. The number of carbonyl (C=O) groups is 5. The summed E-state index contributed by atoms with van der Waals surface area (Å²) in [5, 5.41) is 8.80. The fourth-order valence-corrected chi connectivity index (χ4v) is 6.83. The molecule has 14 nitrogen and oxygen atoms in total. The minimum atomic E-state index is -0.935. The molecule has 2 amide bonds. The van der Waals surface area contributed by atoms with Crippen LogP contribution in [-0.4, -0.2) is 115 Å². The van der Waals surface area contributed by atoms with Crippen LogP contribution in [0.4, 0.5) is 0 Å². The van der Waals surface area contributed by atoms with Gasteiger partial charge in [-0.3, -0.25) is 19.2 Å². The van der Waals surface area contributed by atoms with Crippen molar-refractivity contribution in [1.29, 1.82) is 0 Å². The maximum Gasteiger partial charge on any atom is 0.332 e. The molecular weight excluding hydrogens is 746 g/mol. The van der Waals surface area contributed by atoms with E-state index < -0.39 is 12.1 Å². The van der Waals surface area contributed by atoms with Crippen molar-refractivity contribution < 1.29 is 52.8 Å². The van der Waals surface area contributed by atoms with Crippen LogP contribution in [0.3, 0.4) is 0 Å². The van der Waals surface area contributed by atoms with Gasteiger partial charge in [0.05, 0.1) is 32.7 Å². The molecule has 0 aromatic heterocycles. The lowest BCUT2D eigenvalue weighted by Gasteiger charge is -2.31. The van der Waals surface area contributed by atoms with E-state index in [1.807, 2.05) is 93.3 Å². The number of likely N-dealkylation sites (N-methyl/N-ethyl adjacent to an activating group) is 2. The third-order valence-corrected chi connectivity index (χ3v) is 10.4. The van der Waals surface area contributed by atoms with Crippen molar-refractivity contribution in [3.05, 3.63) is 71.8 Å². The van der Waals surface area contributed by atoms with Crippen LogP contribution in [0.25, 0.3) is 0 Å². The second-order valence-corrected chi connectivity index (χ2v) is 14.8. The lowest BCUT2D eigenvalue weighted by molar-refractivity contribution is -0.157. The highest BCUT2D eigenvalue weighted by Crippen LogP contribution is 2.24. The molecule has 322 valence electrons. The van der Waals surface area contributed by atoms with Crippen molar-refractivity contribution in [1.82, 2.24) is 9.80 Å². The highest BCUT2D eigenvalue weighted by atomic mass is 16.5. The number of nitrogens with two attached hydrogens (primary N) is 1. The number of hydrogen-bond donors (Lipinski definition) is 2. The third kappa shape index (κ3) is 17.2. The molecule has 0 radical (unpaired) electrons. The predicted molar refractivity (Wildman–Crippen MR) is 217 cm³/mol. The lowest BCUT2D eigenvalue weighted by atomic mass is 9.95. The maximum absolute atomic E-state index is 12.3. The number of hydrogen-bond acceptors (Lipinski definition) is 11. The van der Waals surface area contributed by atoms with Crippen LogP contribution in [-0.2, 0) is 60.9 Å². The molecule has 3 aliphatic heterocycles. The molecule has 0 unspecified atom stereocenters. The van der Waals surface area contributed by atoms with Crippen LogP contribution in [0.5, 0.6) is 0 Å². The Kier molecular flexibility index (Phi) is 22.0. The van der Waals surface area contributed by atoms with E-state index in [9.17, 15) is 24.0 Å². The summed E-state index contributed by atoms with van der Waals surface area (Å²) >= 11 is 0. The number of aliphatic carboxylic acids is 1. The number of benzene rings is 2. The van der Waals surface area contributed by atoms with Crippen LogP contribution >= 0.6 is 0 Å². The molecule has 3 saturated heterocycles. The van der Waals surface area contributed by atoms with Gasteiger partial charge in [0.25, 0.3) is 11.8 Å². The van der Waals surface area contributed by atoms with Gasteiger partial charge in [-0.2, -0.15) is 0 Å². The molecule has 6 atom stereocenters. The van der Waals surface area contributed by atoms with Gasteiger partial charge in [-0.1, -0.05) is 60.7 Å². The van der Waals surface area contributed by atoms with E-state index in [-0.39, 0.29) is 66.9 Å². The monoisotopic (exact) mass is 811 g/mol. The van der Waals surface area contributed by atoms with Crippen molar-refractivity contribution in [2.45, 2.75) is 117 Å². The van der Waals surface area contributed by atoms with Gasteiger partial charge in [-0.15, -0.1) is 0 Å². The molecule has 5 rings (SSSR count). The molecule has 0 aliphatic carbocycles. The maximum atomic E-state index is 12.3. The third-order valence-electron chi connectivity index (χ3n) is 10.4. The summed E-state index contributed by atoms with van der Waals surface area (Å²) in [6, 6.07) is 19.2. The Morgan fingerprint density at radius 2 is 0.966 bits per heavy atom. The van der Waals surface area contributed by atoms with Gasteiger partial charge in [-0.25, -0.2) is 4.79 Å². The summed E-state index contributed by atoms with van der Waals surface area (Å²) in [6.07, 6.45) is 3.54. The molecule has 58 heavy (non-hydrogen) atoms. The molecule has 14 heteroatoms. The van der Waals surface area contributed by atoms with E-state index in [1.54, 1.807) is 4.90 Å². The Hall–Kier alpha value is -4.37. The van der Waals surface area contributed by atoms with E-state index in [0.29, 0.717) is 65.2 Å². The first-order chi connectivity index (χ1) is 28.0. The molecule has 0 saturated carbocycles. The quantitative estimate of drug-likeness (QED) is 0.226. The second kappa shape index (κ2) is 26.6. The first kappa shape index (κ1) is 48.0. The van der Waals surface area contributed by atoms with Crippen LogP contribution in [0.2, 0.25) is 0 Å². The molecule has 3 N–H and O–H groups in total. The topological polar surface area (TPSA) is 184 Å². The molecule has 3 heterocycles. The molecule has 2 aromatic carbocycles. The van der Waals surface area contributed by atoms with E-state index in [1.165, 1.54) is 0 Å². The Balaban J connectivity index is 0.000000241. The molecule has 2 aromatic rings. The zero-order valence-electron chi connectivity index (χ0n) is 34.8. The van der Waals surface area contributed by atoms with Gasteiger partial charge in [0, 0.05) is 32.2 Å². The minimum Gasteiger partial charge on any atom is -0.479 e. The molecule has 0 bridgehead atoms. The Morgan fingerprint density at radius 3 is 1.29 bits per heavy atom. The zero-order chi connectivity index (χ0) is 42.3. The van der Waals surface area contributed by atoms with Crippen LogP contribution in [0.15, 0.2) is 60.7 Å². The van der Waals surface area contributed by atoms with Gasteiger partial charge in [0.1, 0.15) is 25.4 Å². The summed E-state index contributed by atoms with van der Waals surface area (Å²) < 4.78 is 26.8. The number of carbonyl (C=O) groups excluding carboxylic acids is 4. The fraction of sp³-hybridized carbons (Fsp3) is 0.614. The van der Waals surface area contributed by atoms with Gasteiger partial charge >= 0.3 is 17.9 Å². The Labute approximate surface area is 343 Å². The SMILES string of the molecule is CCN(CC)C(=O)[C@@H]1CC[C@@H](CC(=O)OCc2ccccc2)CO1.CCN(CC)C(=O)[C@@H]1CC[C@@H](N)CO1.O=C(C[C@@H]1CC[C@@H](C(=O)O)OC1)OCc1ccccc1. The molecule has 3 fully saturated rings. The summed E-state index contributed by atoms with van der Waals surface area (Å²) in [6.45, 7) is 12.6. The smallest absolute Gasteiger partial charge is 0.332 e. The molecule has 0 spiro atoms. The van der Waals surface area contributed by atoms with Crippen molar-refractivity contribution in [3.63, 3.8) is 0 Å². The summed E-state index contributed by atoms with van der Waals surface area (Å²) in [7, 11) is 0. The van der Waals surface area contributed by atoms with E-state index in [0.717, 1.165) is 43.5 Å².